The number of rotatable bonds is 3. The van der Waals surface area contributed by atoms with Gasteiger partial charge in [-0.25, -0.2) is 9.98 Å². The molecule has 0 saturated heterocycles. The minimum atomic E-state index is -0.321. The molecule has 8 rings (SSSR count). The van der Waals surface area contributed by atoms with Gasteiger partial charge in [-0.1, -0.05) is 109 Å². The number of hydrogen-bond acceptors (Lipinski definition) is 4. The number of fused-ring (bicyclic) bond motifs is 6. The fourth-order valence-corrected chi connectivity index (χ4v) is 5.90. The summed E-state index contributed by atoms with van der Waals surface area (Å²) in [6.07, 6.45) is -0.321. The van der Waals surface area contributed by atoms with E-state index in [1.54, 1.807) is 0 Å². The van der Waals surface area contributed by atoms with Crippen molar-refractivity contribution in [3.05, 3.63) is 143 Å². The van der Waals surface area contributed by atoms with Crippen molar-refractivity contribution in [1.29, 1.82) is 0 Å². The van der Waals surface area contributed by atoms with Gasteiger partial charge >= 0.3 is 0 Å². The largest absolute Gasteiger partial charge is 0.454 e. The van der Waals surface area contributed by atoms with E-state index in [-0.39, 0.29) is 6.17 Å². The number of aliphatic imine (C=N–C) groups is 2. The molecule has 7 aromatic rings. The molecule has 0 amide bonds. The zero-order valence-corrected chi connectivity index (χ0v) is 22.1. The lowest BCUT2D eigenvalue weighted by molar-refractivity contribution is 0.667. The monoisotopic (exact) mass is 535 g/mol. The molecule has 1 aliphatic heterocycles. The van der Waals surface area contributed by atoms with Crippen LogP contribution in [-0.4, -0.2) is 11.7 Å². The third-order valence-electron chi connectivity index (χ3n) is 7.60. The number of amidine groups is 2. The summed E-state index contributed by atoms with van der Waals surface area (Å²) < 4.78 is 6.17. The minimum Gasteiger partial charge on any atom is -0.454 e. The first-order valence-corrected chi connectivity index (χ1v) is 13.6. The van der Waals surface area contributed by atoms with Gasteiger partial charge in [0.25, 0.3) is 0 Å². The van der Waals surface area contributed by atoms with Crippen LogP contribution in [0.3, 0.4) is 0 Å². The average Bonchev–Trinajstić information content (AvgIpc) is 3.41. The van der Waals surface area contributed by atoms with Crippen LogP contribution in [-0.2, 0) is 0 Å². The van der Waals surface area contributed by atoms with Crippen LogP contribution in [0.2, 0.25) is 5.02 Å². The van der Waals surface area contributed by atoms with Gasteiger partial charge in [-0.05, 0) is 51.4 Å². The van der Waals surface area contributed by atoms with Crippen LogP contribution in [0.5, 0.6) is 0 Å². The number of halogens is 1. The topological polar surface area (TPSA) is 49.9 Å². The number of nitrogens with zero attached hydrogens (tertiary/aromatic N) is 2. The summed E-state index contributed by atoms with van der Waals surface area (Å²) in [5.41, 5.74) is 4.21. The van der Waals surface area contributed by atoms with Gasteiger partial charge in [0.15, 0.2) is 11.4 Å². The highest BCUT2D eigenvalue weighted by atomic mass is 35.5. The SMILES string of the molecule is Clc1c(C2=NC(c3ccccc3)NC(c3ccc4c(ccc5ccccc54)c3)=N2)ccc2c1oc1ccccc12. The van der Waals surface area contributed by atoms with Crippen molar-refractivity contribution in [2.45, 2.75) is 6.17 Å². The van der Waals surface area contributed by atoms with Crippen molar-refractivity contribution in [2.24, 2.45) is 9.98 Å². The van der Waals surface area contributed by atoms with Gasteiger partial charge in [-0.3, -0.25) is 0 Å². The molecule has 1 aliphatic rings. The van der Waals surface area contributed by atoms with Crippen LogP contribution < -0.4 is 5.32 Å². The predicted octanol–water partition coefficient (Wildman–Crippen LogP) is 9.04. The Balaban J connectivity index is 1.29. The Morgan fingerprint density at radius 2 is 1.38 bits per heavy atom. The van der Waals surface area contributed by atoms with Gasteiger partial charge in [-0.2, -0.15) is 0 Å². The third kappa shape index (κ3) is 3.69. The number of para-hydroxylation sites is 1. The molecule has 1 aromatic heterocycles. The summed E-state index contributed by atoms with van der Waals surface area (Å²) in [6.45, 7) is 0. The molecule has 0 fully saturated rings. The normalized spacial score (nSPS) is 15.4. The summed E-state index contributed by atoms with van der Waals surface area (Å²) in [5, 5.41) is 10.9. The second-order valence-electron chi connectivity index (χ2n) is 10.00. The highest BCUT2D eigenvalue weighted by Crippen LogP contribution is 2.36. The summed E-state index contributed by atoms with van der Waals surface area (Å²) in [5.74, 6) is 1.31. The number of benzene rings is 6. The Hall–Kier alpha value is -4.93. The van der Waals surface area contributed by atoms with E-state index in [1.807, 2.05) is 54.6 Å². The molecule has 0 radical (unpaired) electrons. The lowest BCUT2D eigenvalue weighted by Gasteiger charge is -2.24. The third-order valence-corrected chi connectivity index (χ3v) is 7.98. The fraction of sp³-hybridized carbons (Fsp3) is 0.0286. The van der Waals surface area contributed by atoms with Gasteiger partial charge in [0.05, 0.1) is 5.02 Å². The first kappa shape index (κ1) is 23.0. The number of nitrogens with one attached hydrogen (secondary N) is 1. The van der Waals surface area contributed by atoms with Crippen LogP contribution in [0.15, 0.2) is 136 Å². The Morgan fingerprint density at radius 1 is 0.650 bits per heavy atom. The predicted molar refractivity (Wildman–Crippen MR) is 166 cm³/mol. The van der Waals surface area contributed by atoms with Crippen LogP contribution in [0.4, 0.5) is 0 Å². The van der Waals surface area contributed by atoms with Crippen LogP contribution in [0, 0.1) is 0 Å². The van der Waals surface area contributed by atoms with Gasteiger partial charge in [0.1, 0.15) is 17.6 Å². The molecule has 5 heteroatoms. The van der Waals surface area contributed by atoms with Crippen molar-refractivity contribution in [1.82, 2.24) is 5.32 Å². The van der Waals surface area contributed by atoms with Gasteiger partial charge in [-0.15, -0.1) is 0 Å². The molecule has 0 aliphatic carbocycles. The lowest BCUT2D eigenvalue weighted by atomic mass is 9.99. The van der Waals surface area contributed by atoms with E-state index >= 15 is 0 Å². The van der Waals surface area contributed by atoms with Gasteiger partial charge in [0.2, 0.25) is 0 Å². The molecule has 1 atom stereocenters. The van der Waals surface area contributed by atoms with E-state index in [0.29, 0.717) is 16.4 Å². The molecular weight excluding hydrogens is 514 g/mol. The first-order chi connectivity index (χ1) is 19.7. The maximum absolute atomic E-state index is 7.00. The lowest BCUT2D eigenvalue weighted by Crippen LogP contribution is -2.33. The quantitative estimate of drug-likeness (QED) is 0.229. The molecule has 40 heavy (non-hydrogen) atoms. The first-order valence-electron chi connectivity index (χ1n) is 13.2. The Labute approximate surface area is 235 Å². The molecule has 1 unspecified atom stereocenters. The number of furan rings is 1. The van der Waals surface area contributed by atoms with Crippen molar-refractivity contribution in [2.75, 3.05) is 0 Å². The van der Waals surface area contributed by atoms with E-state index in [1.165, 1.54) is 16.2 Å². The zero-order chi connectivity index (χ0) is 26.6. The molecule has 6 aromatic carbocycles. The van der Waals surface area contributed by atoms with Gasteiger partial charge < -0.3 is 9.73 Å². The van der Waals surface area contributed by atoms with E-state index in [0.717, 1.165) is 44.3 Å². The van der Waals surface area contributed by atoms with E-state index in [2.05, 4.69) is 72.0 Å². The maximum Gasteiger partial charge on any atom is 0.161 e. The van der Waals surface area contributed by atoms with Crippen molar-refractivity contribution < 1.29 is 4.42 Å². The van der Waals surface area contributed by atoms with Crippen LogP contribution in [0.25, 0.3) is 43.5 Å². The van der Waals surface area contributed by atoms with E-state index < -0.39 is 0 Å². The molecule has 2 heterocycles. The van der Waals surface area contributed by atoms with E-state index in [4.69, 9.17) is 26.0 Å². The summed E-state index contributed by atoms with van der Waals surface area (Å²) in [4.78, 5) is 10.0. The summed E-state index contributed by atoms with van der Waals surface area (Å²) >= 11 is 7.00. The Kier molecular flexibility index (Phi) is 5.22. The highest BCUT2D eigenvalue weighted by Gasteiger charge is 2.24. The molecule has 0 spiro atoms. The molecule has 0 saturated carbocycles. The molecular formula is C35H22ClN3O. The average molecular weight is 536 g/mol. The molecule has 0 bridgehead atoms. The maximum atomic E-state index is 7.00. The standard InChI is InChI=1S/C35H22ClN3O/c36-31-29(19-18-28-27-12-6-7-13-30(27)40-32(28)31)35-38-33(22-9-2-1-3-10-22)37-34(39-35)24-16-17-26-23(20-24)15-14-21-8-4-5-11-25(21)26/h1-20,33H,(H,37,38,39). The van der Waals surface area contributed by atoms with Crippen LogP contribution in [0.1, 0.15) is 22.9 Å². The van der Waals surface area contributed by atoms with Crippen molar-refractivity contribution >= 4 is 66.8 Å². The Morgan fingerprint density at radius 3 is 2.27 bits per heavy atom. The zero-order valence-electron chi connectivity index (χ0n) is 21.3. The smallest absolute Gasteiger partial charge is 0.161 e. The second-order valence-corrected chi connectivity index (χ2v) is 10.4. The molecule has 1 N–H and O–H groups in total. The number of hydrogen-bond donors (Lipinski definition) is 1. The van der Waals surface area contributed by atoms with Crippen LogP contribution >= 0.6 is 11.6 Å². The van der Waals surface area contributed by atoms with Gasteiger partial charge in [0, 0.05) is 21.9 Å². The molecule has 4 nitrogen and oxygen atoms in total. The van der Waals surface area contributed by atoms with Crippen molar-refractivity contribution in [3.8, 4) is 0 Å². The van der Waals surface area contributed by atoms with E-state index in [9.17, 15) is 0 Å². The second kappa shape index (κ2) is 9.08. The molecule has 190 valence electrons. The summed E-state index contributed by atoms with van der Waals surface area (Å²) in [7, 11) is 0. The minimum absolute atomic E-state index is 0.321. The highest BCUT2D eigenvalue weighted by molar-refractivity contribution is 6.39. The fourth-order valence-electron chi connectivity index (χ4n) is 5.61. The summed E-state index contributed by atoms with van der Waals surface area (Å²) in [6, 6.07) is 41.5. The Bertz CT molecular complexity index is 2160. The van der Waals surface area contributed by atoms with Crippen molar-refractivity contribution in [3.63, 3.8) is 0 Å².